The van der Waals surface area contributed by atoms with E-state index in [2.05, 4.69) is 22.0 Å². The van der Waals surface area contributed by atoms with Crippen LogP contribution in [-0.4, -0.2) is 43.7 Å². The van der Waals surface area contributed by atoms with Crippen molar-refractivity contribution in [1.82, 2.24) is 14.5 Å². The molecule has 4 atom stereocenters. The summed E-state index contributed by atoms with van der Waals surface area (Å²) in [5, 5.41) is 9.62. The number of benzene rings is 1. The van der Waals surface area contributed by atoms with Crippen LogP contribution < -0.4 is 5.56 Å². The third-order valence-corrected chi connectivity index (χ3v) is 7.73. The summed E-state index contributed by atoms with van der Waals surface area (Å²) >= 11 is 0. The molecule has 6 nitrogen and oxygen atoms in total. The predicted octanol–water partition coefficient (Wildman–Crippen LogP) is 4.93. The van der Waals surface area contributed by atoms with Gasteiger partial charge in [-0.25, -0.2) is 9.78 Å². The number of fused-ring (bicyclic) bond motifs is 3. The minimum atomic E-state index is -1.25. The number of piperidine rings is 1. The van der Waals surface area contributed by atoms with Crippen LogP contribution in [0.25, 0.3) is 11.0 Å². The second-order valence-electron chi connectivity index (χ2n) is 9.73. The van der Waals surface area contributed by atoms with E-state index in [1.54, 1.807) is 10.6 Å². The largest absolute Gasteiger partial charge is 0.476 e. The van der Waals surface area contributed by atoms with Gasteiger partial charge in [0.1, 0.15) is 0 Å². The van der Waals surface area contributed by atoms with Gasteiger partial charge in [-0.15, -0.1) is 0 Å². The molecule has 2 bridgehead atoms. The monoisotopic (exact) mass is 435 g/mol. The Morgan fingerprint density at radius 2 is 1.66 bits per heavy atom. The molecule has 2 fully saturated rings. The van der Waals surface area contributed by atoms with Crippen molar-refractivity contribution in [3.8, 4) is 0 Å². The first-order valence-electron chi connectivity index (χ1n) is 12.3. The smallest absolute Gasteiger partial charge is 0.360 e. The second kappa shape index (κ2) is 9.18. The van der Waals surface area contributed by atoms with E-state index in [-0.39, 0.29) is 11.7 Å². The third-order valence-electron chi connectivity index (χ3n) is 7.73. The van der Waals surface area contributed by atoms with Crippen LogP contribution >= 0.6 is 0 Å². The molecule has 170 valence electrons. The van der Waals surface area contributed by atoms with Gasteiger partial charge in [0.2, 0.25) is 5.69 Å². The topological polar surface area (TPSA) is 75.4 Å². The Bertz CT molecular complexity index is 1060. The zero-order valence-corrected chi connectivity index (χ0v) is 18.7. The minimum absolute atomic E-state index is 0.00962. The molecular formula is C26H33N3O3. The van der Waals surface area contributed by atoms with Gasteiger partial charge < -0.3 is 9.67 Å². The number of allylic oxidation sites excluding steroid dienone is 1. The molecule has 1 aromatic carbocycles. The van der Waals surface area contributed by atoms with Crippen molar-refractivity contribution in [2.24, 2.45) is 0 Å². The lowest BCUT2D eigenvalue weighted by molar-refractivity contribution is 0.0304. The number of nitrogens with zero attached hydrogens (tertiary/aromatic N) is 3. The minimum Gasteiger partial charge on any atom is -0.476 e. The molecule has 2 aromatic rings. The molecule has 1 N–H and O–H groups in total. The molecule has 0 spiro atoms. The number of aromatic carboxylic acids is 1. The number of hydrogen-bond donors (Lipinski definition) is 1. The van der Waals surface area contributed by atoms with Crippen molar-refractivity contribution < 1.29 is 9.90 Å². The highest BCUT2D eigenvalue weighted by Gasteiger charge is 2.41. The highest BCUT2D eigenvalue weighted by atomic mass is 16.4. The lowest BCUT2D eigenvalue weighted by atomic mass is 9.86. The molecular weight excluding hydrogens is 402 g/mol. The molecule has 2 aliphatic heterocycles. The van der Waals surface area contributed by atoms with Gasteiger partial charge in [0.25, 0.3) is 5.56 Å². The zero-order valence-electron chi connectivity index (χ0n) is 18.7. The van der Waals surface area contributed by atoms with Gasteiger partial charge in [0.15, 0.2) is 0 Å². The van der Waals surface area contributed by atoms with Crippen molar-refractivity contribution in [3.63, 3.8) is 0 Å². The number of carboxylic acids is 1. The SMILES string of the molecule is O=C(O)c1nc2ccccc2n(C2C[C@H]3CCCC[C@@H](C2)N3C2/C=C\CCCCC2)c1=O. The van der Waals surface area contributed by atoms with E-state index in [1.165, 1.54) is 44.9 Å². The van der Waals surface area contributed by atoms with Crippen LogP contribution in [0.2, 0.25) is 0 Å². The van der Waals surface area contributed by atoms with E-state index in [1.807, 2.05) is 18.2 Å². The van der Waals surface area contributed by atoms with Crippen LogP contribution in [0.15, 0.2) is 41.2 Å². The first-order valence-corrected chi connectivity index (χ1v) is 12.3. The fourth-order valence-electron chi connectivity index (χ4n) is 6.36. The molecule has 0 radical (unpaired) electrons. The average molecular weight is 436 g/mol. The molecule has 2 saturated heterocycles. The summed E-state index contributed by atoms with van der Waals surface area (Å²) in [6.07, 6.45) is 17.7. The van der Waals surface area contributed by atoms with E-state index in [9.17, 15) is 14.7 Å². The van der Waals surface area contributed by atoms with Crippen LogP contribution in [0, 0.1) is 0 Å². The fraction of sp³-hybridized carbons (Fsp3) is 0.577. The quantitative estimate of drug-likeness (QED) is 0.692. The van der Waals surface area contributed by atoms with Crippen molar-refractivity contribution in [2.45, 2.75) is 94.8 Å². The zero-order chi connectivity index (χ0) is 22.1. The Labute approximate surface area is 189 Å². The Hall–Kier alpha value is -2.47. The number of carboxylic acid groups (broad SMARTS) is 1. The van der Waals surface area contributed by atoms with E-state index >= 15 is 0 Å². The van der Waals surface area contributed by atoms with E-state index < -0.39 is 11.5 Å². The van der Waals surface area contributed by atoms with Crippen molar-refractivity contribution >= 4 is 17.0 Å². The second-order valence-corrected chi connectivity index (χ2v) is 9.73. The van der Waals surface area contributed by atoms with Gasteiger partial charge in [-0.05, 0) is 57.1 Å². The predicted molar refractivity (Wildman–Crippen MR) is 125 cm³/mol. The molecule has 2 unspecified atom stereocenters. The van der Waals surface area contributed by atoms with Crippen LogP contribution in [0.5, 0.6) is 0 Å². The standard InChI is InChI=1S/C26H33N3O3/c30-25-24(26(31)32)27-22-14-8-9-15-23(22)29(25)21-16-19-12-6-7-13-20(17-21)28(19)18-10-4-2-1-3-5-11-18/h4,8-10,14-15,18-21H,1-3,5-7,11-13,16-17H2,(H,31,32)/b10-4-/t18?,19-,20+,21?. The summed E-state index contributed by atoms with van der Waals surface area (Å²) in [5.41, 5.74) is 0.510. The molecule has 0 amide bonds. The molecule has 1 aliphatic carbocycles. The van der Waals surface area contributed by atoms with Crippen molar-refractivity contribution in [3.05, 3.63) is 52.5 Å². The van der Waals surface area contributed by atoms with Crippen molar-refractivity contribution in [2.75, 3.05) is 0 Å². The molecule has 32 heavy (non-hydrogen) atoms. The summed E-state index contributed by atoms with van der Waals surface area (Å²) < 4.78 is 1.77. The Balaban J connectivity index is 1.54. The van der Waals surface area contributed by atoms with Crippen LogP contribution in [0.4, 0.5) is 0 Å². The summed E-state index contributed by atoms with van der Waals surface area (Å²) in [4.78, 5) is 32.0. The van der Waals surface area contributed by atoms with Crippen LogP contribution in [0.1, 0.15) is 87.2 Å². The lowest BCUT2D eigenvalue weighted by Gasteiger charge is -2.48. The maximum absolute atomic E-state index is 13.3. The number of hydrogen-bond acceptors (Lipinski definition) is 4. The molecule has 5 rings (SSSR count). The fourth-order valence-corrected chi connectivity index (χ4v) is 6.36. The molecule has 3 aliphatic rings. The molecule has 3 heterocycles. The summed E-state index contributed by atoms with van der Waals surface area (Å²) in [7, 11) is 0. The highest BCUT2D eigenvalue weighted by molar-refractivity contribution is 5.88. The lowest BCUT2D eigenvalue weighted by Crippen LogP contribution is -2.53. The molecule has 0 saturated carbocycles. The first kappa shape index (κ1) is 21.4. The van der Waals surface area contributed by atoms with E-state index in [0.717, 1.165) is 31.2 Å². The molecule has 1 aromatic heterocycles. The number of carbonyl (C=O) groups is 1. The summed E-state index contributed by atoms with van der Waals surface area (Å²) in [6, 6.07) is 8.83. The van der Waals surface area contributed by atoms with Crippen LogP contribution in [0.3, 0.4) is 0 Å². The van der Waals surface area contributed by atoms with E-state index in [4.69, 9.17) is 0 Å². The van der Waals surface area contributed by atoms with E-state index in [0.29, 0.717) is 23.6 Å². The average Bonchev–Trinajstić information content (AvgIpc) is 2.88. The van der Waals surface area contributed by atoms with Crippen molar-refractivity contribution in [1.29, 1.82) is 0 Å². The Morgan fingerprint density at radius 1 is 0.938 bits per heavy atom. The maximum Gasteiger partial charge on any atom is 0.360 e. The van der Waals surface area contributed by atoms with Crippen LogP contribution in [-0.2, 0) is 0 Å². The van der Waals surface area contributed by atoms with Gasteiger partial charge in [0.05, 0.1) is 11.0 Å². The summed E-state index contributed by atoms with van der Waals surface area (Å²) in [6.45, 7) is 0. The van der Waals surface area contributed by atoms with Gasteiger partial charge in [-0.3, -0.25) is 9.69 Å². The Kier molecular flexibility index (Phi) is 6.13. The number of para-hydroxylation sites is 2. The normalized spacial score (nSPS) is 30.2. The van der Waals surface area contributed by atoms with Gasteiger partial charge in [-0.1, -0.05) is 50.0 Å². The first-order chi connectivity index (χ1) is 15.6. The maximum atomic E-state index is 13.3. The van der Waals surface area contributed by atoms with Gasteiger partial charge in [0, 0.05) is 24.2 Å². The number of aromatic nitrogens is 2. The van der Waals surface area contributed by atoms with Gasteiger partial charge in [-0.2, -0.15) is 0 Å². The Morgan fingerprint density at radius 3 is 2.41 bits per heavy atom. The number of rotatable bonds is 3. The van der Waals surface area contributed by atoms with Gasteiger partial charge >= 0.3 is 5.97 Å². The molecule has 6 heteroatoms. The summed E-state index contributed by atoms with van der Waals surface area (Å²) in [5.74, 6) is -1.25. The highest BCUT2D eigenvalue weighted by Crippen LogP contribution is 2.41. The third kappa shape index (κ3) is 4.01.